The Labute approximate surface area is 237 Å². The highest BCUT2D eigenvalue weighted by Gasteiger charge is 2.27. The summed E-state index contributed by atoms with van der Waals surface area (Å²) < 4.78 is 0. The molecule has 1 unspecified atom stereocenters. The minimum atomic E-state index is -0.128. The van der Waals surface area contributed by atoms with Crippen LogP contribution in [0.3, 0.4) is 0 Å². The molecule has 1 aromatic carbocycles. The van der Waals surface area contributed by atoms with Crippen LogP contribution in [-0.2, 0) is 15.6 Å². The van der Waals surface area contributed by atoms with Gasteiger partial charge in [0.25, 0.3) is 0 Å². The Bertz CT molecular complexity index is 784. The SMILES string of the molecule is CCCCCCCCCCCCCCCC(CCNC(=O)CC)c1cc(C(C)(C)C)cc(C(C)(C)C)c1O. The summed E-state index contributed by atoms with van der Waals surface area (Å²) in [4.78, 5) is 11.9. The van der Waals surface area contributed by atoms with E-state index in [0.29, 0.717) is 18.7 Å². The van der Waals surface area contributed by atoms with Crippen molar-refractivity contribution in [3.05, 3.63) is 28.8 Å². The van der Waals surface area contributed by atoms with Gasteiger partial charge in [-0.15, -0.1) is 0 Å². The fourth-order valence-corrected chi connectivity index (χ4v) is 5.35. The molecule has 2 N–H and O–H groups in total. The maximum atomic E-state index is 11.9. The van der Waals surface area contributed by atoms with Crippen LogP contribution in [0.1, 0.15) is 181 Å². The Hall–Kier alpha value is -1.51. The predicted octanol–water partition coefficient (Wildman–Crippen LogP) is 10.5. The molecular formula is C35H63NO2. The van der Waals surface area contributed by atoms with E-state index in [2.05, 4.69) is 65.9 Å². The van der Waals surface area contributed by atoms with Crippen LogP contribution in [-0.4, -0.2) is 17.6 Å². The van der Waals surface area contributed by atoms with Gasteiger partial charge in [-0.1, -0.05) is 151 Å². The number of hydrogen-bond donors (Lipinski definition) is 2. The lowest BCUT2D eigenvalue weighted by atomic mass is 9.76. The van der Waals surface area contributed by atoms with E-state index in [1.807, 2.05) is 6.92 Å². The monoisotopic (exact) mass is 529 g/mol. The number of unbranched alkanes of at least 4 members (excludes halogenated alkanes) is 12. The van der Waals surface area contributed by atoms with Crippen molar-refractivity contribution in [2.45, 2.75) is 175 Å². The molecular weight excluding hydrogens is 466 g/mol. The Balaban J connectivity index is 2.73. The molecule has 0 spiro atoms. The summed E-state index contributed by atoms with van der Waals surface area (Å²) in [6.45, 7) is 18.1. The standard InChI is InChI=1S/C35H63NO2/c1-9-11-12-13-14-15-16-17-18-19-20-21-22-23-28(24-25-36-32(37)10-2)30-26-29(34(3,4)5)27-31(33(30)38)35(6,7)8/h26-28,38H,9-25H2,1-8H3,(H,36,37). The molecule has 38 heavy (non-hydrogen) atoms. The van der Waals surface area contributed by atoms with Crippen LogP contribution in [0.5, 0.6) is 5.75 Å². The molecule has 0 aliphatic carbocycles. The molecule has 0 fully saturated rings. The van der Waals surface area contributed by atoms with Gasteiger partial charge in [-0.2, -0.15) is 0 Å². The zero-order valence-corrected chi connectivity index (χ0v) is 26.6. The number of benzene rings is 1. The molecule has 220 valence electrons. The first-order valence-electron chi connectivity index (χ1n) is 16.1. The van der Waals surface area contributed by atoms with Crippen molar-refractivity contribution in [3.63, 3.8) is 0 Å². The van der Waals surface area contributed by atoms with E-state index in [4.69, 9.17) is 0 Å². The van der Waals surface area contributed by atoms with Gasteiger partial charge in [0.2, 0.25) is 5.91 Å². The van der Waals surface area contributed by atoms with E-state index >= 15 is 0 Å². The first-order chi connectivity index (χ1) is 17.9. The minimum absolute atomic E-state index is 0.0128. The lowest BCUT2D eigenvalue weighted by Gasteiger charge is -2.30. The lowest BCUT2D eigenvalue weighted by molar-refractivity contribution is -0.120. The zero-order chi connectivity index (χ0) is 28.6. The second-order valence-electron chi connectivity index (χ2n) is 13.7. The molecule has 3 heteroatoms. The van der Waals surface area contributed by atoms with Crippen molar-refractivity contribution in [2.75, 3.05) is 6.54 Å². The van der Waals surface area contributed by atoms with Gasteiger partial charge >= 0.3 is 0 Å². The van der Waals surface area contributed by atoms with E-state index in [-0.39, 0.29) is 22.7 Å². The maximum absolute atomic E-state index is 11.9. The van der Waals surface area contributed by atoms with Crippen LogP contribution in [0.4, 0.5) is 0 Å². The van der Waals surface area contributed by atoms with Crippen molar-refractivity contribution < 1.29 is 9.90 Å². The molecule has 3 nitrogen and oxygen atoms in total. The largest absolute Gasteiger partial charge is 0.507 e. The summed E-state index contributed by atoms with van der Waals surface area (Å²) in [5, 5.41) is 14.5. The van der Waals surface area contributed by atoms with Crippen molar-refractivity contribution in [1.29, 1.82) is 0 Å². The molecule has 1 aromatic rings. The van der Waals surface area contributed by atoms with Gasteiger partial charge in [0.15, 0.2) is 0 Å². The van der Waals surface area contributed by atoms with E-state index < -0.39 is 0 Å². The van der Waals surface area contributed by atoms with Crippen molar-refractivity contribution in [2.24, 2.45) is 0 Å². The molecule has 1 rings (SSSR count). The Kier molecular flexibility index (Phi) is 16.3. The van der Waals surface area contributed by atoms with Crippen molar-refractivity contribution >= 4 is 5.91 Å². The third-order valence-electron chi connectivity index (χ3n) is 8.05. The van der Waals surface area contributed by atoms with Gasteiger partial charge in [-0.25, -0.2) is 0 Å². The number of aromatic hydroxyl groups is 1. The third-order valence-corrected chi connectivity index (χ3v) is 8.05. The van der Waals surface area contributed by atoms with Crippen LogP contribution >= 0.6 is 0 Å². The number of phenols is 1. The molecule has 0 heterocycles. The third kappa shape index (κ3) is 13.5. The van der Waals surface area contributed by atoms with Gasteiger partial charge in [-0.05, 0) is 46.3 Å². The fourth-order valence-electron chi connectivity index (χ4n) is 5.35. The number of nitrogens with one attached hydrogen (secondary N) is 1. The Morgan fingerprint density at radius 1 is 0.737 bits per heavy atom. The molecule has 0 aromatic heterocycles. The van der Waals surface area contributed by atoms with Crippen molar-refractivity contribution in [1.82, 2.24) is 5.32 Å². The number of phenolic OH excluding ortho intramolecular Hbond substituents is 1. The van der Waals surface area contributed by atoms with Crippen LogP contribution in [0.2, 0.25) is 0 Å². The molecule has 0 radical (unpaired) electrons. The summed E-state index contributed by atoms with van der Waals surface area (Å²) in [7, 11) is 0. The average molecular weight is 530 g/mol. The van der Waals surface area contributed by atoms with Gasteiger partial charge in [-0.3, -0.25) is 4.79 Å². The van der Waals surface area contributed by atoms with Crippen LogP contribution in [0.25, 0.3) is 0 Å². The number of hydrogen-bond acceptors (Lipinski definition) is 2. The van der Waals surface area contributed by atoms with Gasteiger partial charge in [0, 0.05) is 13.0 Å². The minimum Gasteiger partial charge on any atom is -0.507 e. The zero-order valence-electron chi connectivity index (χ0n) is 26.6. The highest BCUT2D eigenvalue weighted by molar-refractivity contribution is 5.75. The quantitative estimate of drug-likeness (QED) is 0.175. The number of carbonyl (C=O) groups excluding carboxylic acids is 1. The number of carbonyl (C=O) groups is 1. The summed E-state index contributed by atoms with van der Waals surface area (Å²) in [6, 6.07) is 4.46. The van der Waals surface area contributed by atoms with Gasteiger partial charge < -0.3 is 10.4 Å². The van der Waals surface area contributed by atoms with Crippen LogP contribution in [0, 0.1) is 0 Å². The molecule has 0 aliphatic heterocycles. The highest BCUT2D eigenvalue weighted by atomic mass is 16.3. The van der Waals surface area contributed by atoms with Crippen LogP contribution < -0.4 is 5.32 Å². The van der Waals surface area contributed by atoms with E-state index in [1.165, 1.54) is 89.0 Å². The van der Waals surface area contributed by atoms with Crippen molar-refractivity contribution in [3.8, 4) is 5.75 Å². The molecule has 1 amide bonds. The smallest absolute Gasteiger partial charge is 0.219 e. The molecule has 1 atom stereocenters. The highest BCUT2D eigenvalue weighted by Crippen LogP contribution is 2.42. The first-order valence-corrected chi connectivity index (χ1v) is 16.1. The molecule has 0 saturated carbocycles. The maximum Gasteiger partial charge on any atom is 0.219 e. The lowest BCUT2D eigenvalue weighted by Crippen LogP contribution is -2.25. The first kappa shape index (κ1) is 34.5. The Morgan fingerprint density at radius 2 is 1.24 bits per heavy atom. The summed E-state index contributed by atoms with van der Waals surface area (Å²) >= 11 is 0. The molecule has 0 saturated heterocycles. The van der Waals surface area contributed by atoms with Gasteiger partial charge in [0.05, 0.1) is 0 Å². The summed E-state index contributed by atoms with van der Waals surface area (Å²) in [5.74, 6) is 0.822. The Morgan fingerprint density at radius 3 is 1.68 bits per heavy atom. The average Bonchev–Trinajstić information content (AvgIpc) is 2.84. The van der Waals surface area contributed by atoms with E-state index in [0.717, 1.165) is 24.0 Å². The topological polar surface area (TPSA) is 49.3 Å². The molecule has 0 bridgehead atoms. The number of amides is 1. The fraction of sp³-hybridized carbons (Fsp3) is 0.800. The van der Waals surface area contributed by atoms with E-state index in [1.54, 1.807) is 0 Å². The predicted molar refractivity (Wildman–Crippen MR) is 166 cm³/mol. The second-order valence-corrected chi connectivity index (χ2v) is 13.7. The molecule has 0 aliphatic rings. The number of rotatable bonds is 19. The summed E-state index contributed by atoms with van der Waals surface area (Å²) in [5.41, 5.74) is 3.28. The van der Waals surface area contributed by atoms with Crippen LogP contribution in [0.15, 0.2) is 12.1 Å². The summed E-state index contributed by atoms with van der Waals surface area (Å²) in [6.07, 6.45) is 20.1. The van der Waals surface area contributed by atoms with Gasteiger partial charge in [0.1, 0.15) is 5.75 Å². The van der Waals surface area contributed by atoms with E-state index in [9.17, 15) is 9.90 Å². The second kappa shape index (κ2) is 18.0. The normalized spacial score (nSPS) is 13.1.